The van der Waals surface area contributed by atoms with Crippen LogP contribution in [0.2, 0.25) is 0 Å². The molecule has 0 fully saturated rings. The minimum atomic E-state index is 0.369. The quantitative estimate of drug-likeness (QED) is 0.797. The molecular formula is C14H19NS. The lowest BCUT2D eigenvalue weighted by atomic mass is 10.0. The number of nitrogens with one attached hydrogen (secondary N) is 1. The molecule has 1 aliphatic rings. The monoisotopic (exact) mass is 233 g/mol. The normalized spacial score (nSPS) is 25.9. The van der Waals surface area contributed by atoms with Gasteiger partial charge in [0.25, 0.3) is 0 Å². The lowest BCUT2D eigenvalue weighted by molar-refractivity contribution is 0.462. The molecule has 1 N–H and O–H groups in total. The van der Waals surface area contributed by atoms with E-state index < -0.39 is 0 Å². The van der Waals surface area contributed by atoms with E-state index in [1.165, 1.54) is 16.9 Å². The van der Waals surface area contributed by atoms with E-state index >= 15 is 0 Å². The Balaban J connectivity index is 2.23. The van der Waals surface area contributed by atoms with Crippen LogP contribution >= 0.6 is 11.8 Å². The van der Waals surface area contributed by atoms with Gasteiger partial charge in [-0.15, -0.1) is 18.3 Å². The van der Waals surface area contributed by atoms with E-state index in [1.807, 2.05) is 17.8 Å². The molecule has 0 spiro atoms. The molecule has 2 heteroatoms. The number of thioether (sulfide) groups is 1. The molecule has 86 valence electrons. The van der Waals surface area contributed by atoms with Gasteiger partial charge in [-0.1, -0.05) is 31.2 Å². The van der Waals surface area contributed by atoms with Gasteiger partial charge in [0.05, 0.1) is 0 Å². The molecule has 16 heavy (non-hydrogen) atoms. The van der Waals surface area contributed by atoms with Crippen molar-refractivity contribution in [3.8, 4) is 0 Å². The van der Waals surface area contributed by atoms with Crippen molar-refractivity contribution >= 4 is 11.8 Å². The minimum absolute atomic E-state index is 0.369. The maximum absolute atomic E-state index is 3.83. The van der Waals surface area contributed by atoms with E-state index in [-0.39, 0.29) is 0 Å². The zero-order valence-corrected chi connectivity index (χ0v) is 10.8. The summed E-state index contributed by atoms with van der Waals surface area (Å²) in [7, 11) is 0. The van der Waals surface area contributed by atoms with Gasteiger partial charge in [0.2, 0.25) is 0 Å². The van der Waals surface area contributed by atoms with Crippen LogP contribution in [0.3, 0.4) is 0 Å². The molecule has 0 saturated heterocycles. The van der Waals surface area contributed by atoms with Gasteiger partial charge in [-0.25, -0.2) is 0 Å². The summed E-state index contributed by atoms with van der Waals surface area (Å²) >= 11 is 1.98. The van der Waals surface area contributed by atoms with Crippen molar-refractivity contribution in [1.29, 1.82) is 0 Å². The van der Waals surface area contributed by atoms with Crippen LogP contribution in [-0.2, 0) is 0 Å². The molecule has 0 aliphatic carbocycles. The van der Waals surface area contributed by atoms with Crippen molar-refractivity contribution in [1.82, 2.24) is 5.32 Å². The molecule has 0 bridgehead atoms. The lowest BCUT2D eigenvalue weighted by Gasteiger charge is -2.31. The van der Waals surface area contributed by atoms with Crippen molar-refractivity contribution in [3.63, 3.8) is 0 Å². The standard InChI is InChI=1S/C14H19NS/c1-4-10(2)15-13-9-11(3)16-14-8-6-5-7-12(13)14/h4-8,10-11,13,15H,1,9H2,2-3H3. The first-order valence-corrected chi connectivity index (χ1v) is 6.73. The average Bonchev–Trinajstić information content (AvgIpc) is 2.28. The highest BCUT2D eigenvalue weighted by molar-refractivity contribution is 8.00. The van der Waals surface area contributed by atoms with Crippen LogP contribution in [0, 0.1) is 0 Å². The molecule has 1 nitrogen and oxygen atoms in total. The average molecular weight is 233 g/mol. The number of rotatable bonds is 3. The van der Waals surface area contributed by atoms with Crippen LogP contribution in [0.15, 0.2) is 41.8 Å². The summed E-state index contributed by atoms with van der Waals surface area (Å²) in [6, 6.07) is 9.55. The predicted molar refractivity (Wildman–Crippen MR) is 71.9 cm³/mol. The predicted octanol–water partition coefficient (Wildman–Crippen LogP) is 3.78. The second-order valence-corrected chi connectivity index (χ2v) is 5.93. The molecule has 1 aliphatic heterocycles. The third kappa shape index (κ3) is 2.50. The first-order chi connectivity index (χ1) is 7.70. The number of fused-ring (bicyclic) bond motifs is 1. The smallest absolute Gasteiger partial charge is 0.0347 e. The first kappa shape index (κ1) is 11.7. The Morgan fingerprint density at radius 3 is 3.00 bits per heavy atom. The van der Waals surface area contributed by atoms with Crippen LogP contribution < -0.4 is 5.32 Å². The Morgan fingerprint density at radius 2 is 2.25 bits per heavy atom. The van der Waals surface area contributed by atoms with Gasteiger partial charge in [-0.3, -0.25) is 0 Å². The summed E-state index contributed by atoms with van der Waals surface area (Å²) in [6.07, 6.45) is 3.16. The van der Waals surface area contributed by atoms with Gasteiger partial charge in [-0.05, 0) is 25.0 Å². The van der Waals surface area contributed by atoms with Gasteiger partial charge in [-0.2, -0.15) is 0 Å². The van der Waals surface area contributed by atoms with E-state index in [9.17, 15) is 0 Å². The van der Waals surface area contributed by atoms with Crippen molar-refractivity contribution < 1.29 is 0 Å². The van der Waals surface area contributed by atoms with Crippen LogP contribution in [0.25, 0.3) is 0 Å². The molecule has 3 unspecified atom stereocenters. The number of hydrogen-bond donors (Lipinski definition) is 1. The molecule has 0 aromatic heterocycles. The summed E-state index contributed by atoms with van der Waals surface area (Å²) in [5.74, 6) is 0. The topological polar surface area (TPSA) is 12.0 Å². The van der Waals surface area contributed by atoms with Gasteiger partial charge in [0.1, 0.15) is 0 Å². The molecule has 0 amide bonds. The third-order valence-electron chi connectivity index (χ3n) is 3.01. The second-order valence-electron chi connectivity index (χ2n) is 4.45. The van der Waals surface area contributed by atoms with E-state index in [2.05, 4.69) is 50.0 Å². The molecule has 1 heterocycles. The molecule has 0 radical (unpaired) electrons. The highest BCUT2D eigenvalue weighted by Gasteiger charge is 2.24. The molecular weight excluding hydrogens is 214 g/mol. The zero-order valence-electron chi connectivity index (χ0n) is 9.94. The Kier molecular flexibility index (Phi) is 3.72. The Morgan fingerprint density at radius 1 is 1.50 bits per heavy atom. The van der Waals surface area contributed by atoms with Crippen LogP contribution in [0.4, 0.5) is 0 Å². The second kappa shape index (κ2) is 5.07. The molecule has 1 aromatic carbocycles. The van der Waals surface area contributed by atoms with Crippen LogP contribution in [0.5, 0.6) is 0 Å². The van der Waals surface area contributed by atoms with Crippen molar-refractivity contribution in [2.24, 2.45) is 0 Å². The molecule has 0 saturated carbocycles. The summed E-state index contributed by atoms with van der Waals surface area (Å²) < 4.78 is 0. The van der Waals surface area contributed by atoms with Gasteiger partial charge >= 0.3 is 0 Å². The Bertz CT molecular complexity index is 375. The molecule has 1 aromatic rings. The largest absolute Gasteiger partial charge is 0.304 e. The summed E-state index contributed by atoms with van der Waals surface area (Å²) in [5, 5.41) is 4.31. The SMILES string of the molecule is C=CC(C)NC1CC(C)Sc2ccccc21. The highest BCUT2D eigenvalue weighted by Crippen LogP contribution is 2.40. The fraction of sp³-hybridized carbons (Fsp3) is 0.429. The zero-order chi connectivity index (χ0) is 11.5. The maximum atomic E-state index is 3.83. The summed E-state index contributed by atoms with van der Waals surface area (Å²) in [4.78, 5) is 1.43. The highest BCUT2D eigenvalue weighted by atomic mass is 32.2. The van der Waals surface area contributed by atoms with Crippen molar-refractivity contribution in [3.05, 3.63) is 42.5 Å². The van der Waals surface area contributed by atoms with E-state index in [4.69, 9.17) is 0 Å². The molecule has 2 rings (SSSR count). The Labute approximate surface area is 102 Å². The van der Waals surface area contributed by atoms with Crippen LogP contribution in [0.1, 0.15) is 31.9 Å². The molecule has 3 atom stereocenters. The van der Waals surface area contributed by atoms with Crippen LogP contribution in [-0.4, -0.2) is 11.3 Å². The van der Waals surface area contributed by atoms with E-state index in [0.29, 0.717) is 17.3 Å². The summed E-state index contributed by atoms with van der Waals surface area (Å²) in [6.45, 7) is 8.29. The van der Waals surface area contributed by atoms with E-state index in [1.54, 1.807) is 0 Å². The summed E-state index contributed by atoms with van der Waals surface area (Å²) in [5.41, 5.74) is 1.44. The Hall–Kier alpha value is -0.730. The van der Waals surface area contributed by atoms with Crippen molar-refractivity contribution in [2.45, 2.75) is 42.5 Å². The number of hydrogen-bond acceptors (Lipinski definition) is 2. The lowest BCUT2D eigenvalue weighted by Crippen LogP contribution is -2.32. The van der Waals surface area contributed by atoms with Gasteiger partial charge < -0.3 is 5.32 Å². The van der Waals surface area contributed by atoms with Gasteiger partial charge in [0, 0.05) is 22.2 Å². The maximum Gasteiger partial charge on any atom is 0.0347 e. The fourth-order valence-electron chi connectivity index (χ4n) is 2.14. The van der Waals surface area contributed by atoms with E-state index in [0.717, 1.165) is 0 Å². The first-order valence-electron chi connectivity index (χ1n) is 5.85. The number of benzene rings is 1. The fourth-order valence-corrected chi connectivity index (χ4v) is 3.37. The minimum Gasteiger partial charge on any atom is -0.304 e. The van der Waals surface area contributed by atoms with Crippen molar-refractivity contribution in [2.75, 3.05) is 0 Å². The third-order valence-corrected chi connectivity index (χ3v) is 4.23. The van der Waals surface area contributed by atoms with Gasteiger partial charge in [0.15, 0.2) is 0 Å².